The van der Waals surface area contributed by atoms with Crippen molar-refractivity contribution in [3.63, 3.8) is 0 Å². The minimum atomic E-state index is -0.801. The lowest BCUT2D eigenvalue weighted by atomic mass is 10.0. The van der Waals surface area contributed by atoms with E-state index in [9.17, 15) is 19.8 Å². The summed E-state index contributed by atoms with van der Waals surface area (Å²) in [6, 6.07) is -0.717. The Kier molecular flexibility index (Phi) is 41.3. The van der Waals surface area contributed by atoms with Crippen molar-refractivity contribution in [2.75, 3.05) is 6.61 Å². The molecule has 6 nitrogen and oxygen atoms in total. The van der Waals surface area contributed by atoms with Gasteiger partial charge in [-0.15, -0.1) is 0 Å². The molecule has 322 valence electrons. The molecule has 56 heavy (non-hydrogen) atoms. The first-order valence-electron chi connectivity index (χ1n) is 23.2. The molecular formula is C50H87NO5. The molecule has 3 atom stereocenters. The Balaban J connectivity index is 4.72. The third kappa shape index (κ3) is 38.2. The van der Waals surface area contributed by atoms with E-state index in [1.807, 2.05) is 30.4 Å². The van der Waals surface area contributed by atoms with Gasteiger partial charge in [0.25, 0.3) is 0 Å². The molecule has 3 unspecified atom stereocenters. The average Bonchev–Trinajstić information content (AvgIpc) is 3.19. The predicted octanol–water partition coefficient (Wildman–Crippen LogP) is 13.4. The molecule has 0 aliphatic heterocycles. The summed E-state index contributed by atoms with van der Waals surface area (Å²) in [6.45, 7) is 6.27. The number of rotatable bonds is 40. The Morgan fingerprint density at radius 1 is 0.536 bits per heavy atom. The number of hydrogen-bond acceptors (Lipinski definition) is 5. The Bertz CT molecular complexity index is 1060. The first-order chi connectivity index (χ1) is 27.5. The fourth-order valence-electron chi connectivity index (χ4n) is 6.61. The zero-order chi connectivity index (χ0) is 41.0. The fraction of sp³-hybridized carbons (Fsp3) is 0.720. The summed E-state index contributed by atoms with van der Waals surface area (Å²) in [6.07, 6.45) is 53.8. The molecule has 0 aliphatic rings. The molecular weight excluding hydrogens is 695 g/mol. The van der Waals surface area contributed by atoms with Crippen LogP contribution in [-0.4, -0.2) is 46.9 Å². The summed E-state index contributed by atoms with van der Waals surface area (Å²) in [5, 5.41) is 23.6. The van der Waals surface area contributed by atoms with Crippen molar-refractivity contribution >= 4 is 11.9 Å². The number of unbranched alkanes of at least 4 members (excludes halogenated alkanes) is 20. The van der Waals surface area contributed by atoms with Crippen LogP contribution in [0.25, 0.3) is 0 Å². The van der Waals surface area contributed by atoms with E-state index >= 15 is 0 Å². The normalized spacial score (nSPS) is 14.0. The quantitative estimate of drug-likeness (QED) is 0.0327. The van der Waals surface area contributed by atoms with E-state index in [1.165, 1.54) is 70.6 Å². The van der Waals surface area contributed by atoms with E-state index < -0.39 is 18.2 Å². The number of hydrogen-bond donors (Lipinski definition) is 3. The highest BCUT2D eigenvalue weighted by atomic mass is 16.5. The van der Waals surface area contributed by atoms with Gasteiger partial charge in [-0.2, -0.15) is 0 Å². The van der Waals surface area contributed by atoms with Gasteiger partial charge in [-0.1, -0.05) is 196 Å². The summed E-state index contributed by atoms with van der Waals surface area (Å²) in [4.78, 5) is 26.0. The highest BCUT2D eigenvalue weighted by Gasteiger charge is 2.24. The minimum Gasteiger partial charge on any atom is -0.462 e. The van der Waals surface area contributed by atoms with Crippen LogP contribution in [0.5, 0.6) is 0 Å². The molecule has 0 aromatic rings. The first kappa shape index (κ1) is 53.3. The number of ether oxygens (including phenoxy) is 1. The largest absolute Gasteiger partial charge is 0.462 e. The topological polar surface area (TPSA) is 95.9 Å². The zero-order valence-electron chi connectivity index (χ0n) is 36.5. The maximum Gasteiger partial charge on any atom is 0.306 e. The van der Waals surface area contributed by atoms with Crippen LogP contribution in [0.3, 0.4) is 0 Å². The van der Waals surface area contributed by atoms with Crippen molar-refractivity contribution in [3.8, 4) is 0 Å². The van der Waals surface area contributed by atoms with Gasteiger partial charge in [0.15, 0.2) is 0 Å². The minimum absolute atomic E-state index is 0.0448. The Morgan fingerprint density at radius 2 is 0.964 bits per heavy atom. The van der Waals surface area contributed by atoms with Gasteiger partial charge in [-0.05, 0) is 70.6 Å². The lowest BCUT2D eigenvalue weighted by Gasteiger charge is -2.24. The second kappa shape index (κ2) is 43.4. The molecule has 0 heterocycles. The van der Waals surface area contributed by atoms with Crippen molar-refractivity contribution < 1.29 is 24.5 Å². The summed E-state index contributed by atoms with van der Waals surface area (Å²) < 4.78 is 5.88. The molecule has 0 rings (SSSR count). The number of amides is 1. The van der Waals surface area contributed by atoms with Crippen molar-refractivity contribution in [1.29, 1.82) is 0 Å². The van der Waals surface area contributed by atoms with Crippen molar-refractivity contribution in [2.45, 2.75) is 225 Å². The van der Waals surface area contributed by atoms with Gasteiger partial charge in [0.1, 0.15) is 6.10 Å². The second-order valence-corrected chi connectivity index (χ2v) is 15.5. The Labute approximate surface area is 345 Å². The van der Waals surface area contributed by atoms with Crippen molar-refractivity contribution in [2.24, 2.45) is 0 Å². The van der Waals surface area contributed by atoms with Crippen LogP contribution >= 0.6 is 0 Å². The first-order valence-corrected chi connectivity index (χ1v) is 23.2. The SMILES string of the molecule is CC/C=C/C=C/C=C\C=C/CCCCCC(=O)OC(CCCCCC/C=C/C=C/CCCCC)CC(=O)NC(CO)C(O)CCCCCCCCCCCCC. The fourth-order valence-corrected chi connectivity index (χ4v) is 6.61. The molecule has 0 aromatic heterocycles. The van der Waals surface area contributed by atoms with Gasteiger partial charge < -0.3 is 20.3 Å². The number of aliphatic hydroxyl groups excluding tert-OH is 2. The molecule has 0 radical (unpaired) electrons. The van der Waals surface area contributed by atoms with Gasteiger partial charge in [0, 0.05) is 6.42 Å². The molecule has 0 spiro atoms. The molecule has 1 amide bonds. The van der Waals surface area contributed by atoms with Crippen LogP contribution in [0, 0.1) is 0 Å². The van der Waals surface area contributed by atoms with E-state index in [2.05, 4.69) is 68.6 Å². The van der Waals surface area contributed by atoms with Crippen LogP contribution in [0.4, 0.5) is 0 Å². The molecule has 0 aromatic carbocycles. The Hall–Kier alpha value is -2.70. The van der Waals surface area contributed by atoms with Crippen LogP contribution in [-0.2, 0) is 14.3 Å². The molecule has 0 fully saturated rings. The number of aliphatic hydroxyl groups is 2. The number of nitrogens with one attached hydrogen (secondary N) is 1. The van der Waals surface area contributed by atoms with E-state index in [1.54, 1.807) is 0 Å². The Morgan fingerprint density at radius 3 is 1.52 bits per heavy atom. The van der Waals surface area contributed by atoms with Gasteiger partial charge in [-0.25, -0.2) is 0 Å². The van der Waals surface area contributed by atoms with Gasteiger partial charge in [-0.3, -0.25) is 9.59 Å². The molecule has 6 heteroatoms. The lowest BCUT2D eigenvalue weighted by molar-refractivity contribution is -0.151. The predicted molar refractivity (Wildman–Crippen MR) is 241 cm³/mol. The van der Waals surface area contributed by atoms with E-state index in [-0.39, 0.29) is 24.9 Å². The van der Waals surface area contributed by atoms with E-state index in [0.717, 1.165) is 89.9 Å². The van der Waals surface area contributed by atoms with Gasteiger partial charge in [0.05, 0.1) is 25.2 Å². The average molecular weight is 782 g/mol. The molecule has 0 aliphatic carbocycles. The number of carbonyl (C=O) groups is 2. The summed E-state index contributed by atoms with van der Waals surface area (Å²) in [7, 11) is 0. The third-order valence-electron chi connectivity index (χ3n) is 10.1. The van der Waals surface area contributed by atoms with Crippen LogP contribution in [0.15, 0.2) is 72.9 Å². The summed E-state index contributed by atoms with van der Waals surface area (Å²) in [5.41, 5.74) is 0. The summed E-state index contributed by atoms with van der Waals surface area (Å²) in [5.74, 6) is -0.546. The third-order valence-corrected chi connectivity index (χ3v) is 10.1. The standard InChI is InChI=1S/C50H87NO5/c1-4-7-10-13-16-19-22-24-27-29-32-35-38-41-46(56-50(55)43-40-37-34-31-28-25-23-20-17-14-11-8-5-2)44-49(54)51-47(45-52)48(53)42-39-36-33-30-26-21-18-15-12-9-6-3/h8,11,14,16-17,19-20,22-25,28,46-48,52-53H,4-7,9-10,12-13,15,18,21,26-27,29-45H2,1-3H3,(H,51,54)/b11-8+,17-14+,19-16+,23-20-,24-22+,28-25-. The van der Waals surface area contributed by atoms with Gasteiger partial charge >= 0.3 is 5.97 Å². The molecule has 0 saturated heterocycles. The zero-order valence-corrected chi connectivity index (χ0v) is 36.5. The maximum absolute atomic E-state index is 13.1. The molecule has 0 bridgehead atoms. The maximum atomic E-state index is 13.1. The highest BCUT2D eigenvalue weighted by Crippen LogP contribution is 2.17. The summed E-state index contributed by atoms with van der Waals surface area (Å²) >= 11 is 0. The highest BCUT2D eigenvalue weighted by molar-refractivity contribution is 5.77. The van der Waals surface area contributed by atoms with E-state index in [4.69, 9.17) is 4.74 Å². The van der Waals surface area contributed by atoms with Crippen molar-refractivity contribution in [3.05, 3.63) is 72.9 Å². The number of esters is 1. The lowest BCUT2D eigenvalue weighted by Crippen LogP contribution is -2.46. The number of allylic oxidation sites excluding steroid dienone is 12. The monoisotopic (exact) mass is 782 g/mol. The number of carbonyl (C=O) groups excluding carboxylic acids is 2. The van der Waals surface area contributed by atoms with Crippen molar-refractivity contribution in [1.82, 2.24) is 5.32 Å². The van der Waals surface area contributed by atoms with Crippen LogP contribution in [0.2, 0.25) is 0 Å². The second-order valence-electron chi connectivity index (χ2n) is 15.5. The molecule has 0 saturated carbocycles. The molecule has 3 N–H and O–H groups in total. The van der Waals surface area contributed by atoms with Gasteiger partial charge in [0.2, 0.25) is 5.91 Å². The van der Waals surface area contributed by atoms with E-state index in [0.29, 0.717) is 19.3 Å². The van der Waals surface area contributed by atoms with Crippen LogP contribution < -0.4 is 5.32 Å². The van der Waals surface area contributed by atoms with Crippen LogP contribution in [0.1, 0.15) is 207 Å². The smallest absolute Gasteiger partial charge is 0.306 e.